The molecule has 28 heavy (non-hydrogen) atoms. The number of hydrogen-bond donors (Lipinski definition) is 1. The minimum Gasteiger partial charge on any atom is -0.489 e. The summed E-state index contributed by atoms with van der Waals surface area (Å²) in [6.07, 6.45) is -0.370. The van der Waals surface area contributed by atoms with E-state index in [0.717, 1.165) is 5.96 Å². The van der Waals surface area contributed by atoms with Crippen LogP contribution in [0.25, 0.3) is 0 Å². The van der Waals surface area contributed by atoms with E-state index in [9.17, 15) is 9.18 Å². The Kier molecular flexibility index (Phi) is 5.96. The van der Waals surface area contributed by atoms with Gasteiger partial charge in [-0.25, -0.2) is 9.18 Å². The zero-order valence-corrected chi connectivity index (χ0v) is 16.9. The number of ether oxygens (including phenoxy) is 2. The highest BCUT2D eigenvalue weighted by Gasteiger charge is 2.36. The van der Waals surface area contributed by atoms with Gasteiger partial charge in [-0.05, 0) is 52.0 Å². The average molecular weight is 392 g/mol. The molecule has 1 amide bonds. The minimum absolute atomic E-state index is 0.102. The standard InChI is InChI=1S/C20H29FN4O3/c1-14(27-17-7-5-15(21)6-8-17)11-22-18-23-12-16-13-24(9-10-25(16)18)19(26)28-20(2,3)4/h5-8,14,16H,9-13H2,1-4H3,(H,22,23). The number of rotatable bonds is 4. The molecule has 2 unspecified atom stereocenters. The van der Waals surface area contributed by atoms with Gasteiger partial charge in [-0.15, -0.1) is 0 Å². The molecule has 2 aliphatic rings. The Balaban J connectivity index is 1.45. The van der Waals surface area contributed by atoms with Crippen LogP contribution in [-0.2, 0) is 4.74 Å². The molecule has 2 aliphatic heterocycles. The lowest BCUT2D eigenvalue weighted by Crippen LogP contribution is -2.58. The predicted molar refractivity (Wildman–Crippen MR) is 105 cm³/mol. The van der Waals surface area contributed by atoms with Gasteiger partial charge in [0.1, 0.15) is 23.3 Å². The normalized spacial score (nSPS) is 20.3. The topological polar surface area (TPSA) is 66.4 Å². The predicted octanol–water partition coefficient (Wildman–Crippen LogP) is 2.47. The highest BCUT2D eigenvalue weighted by Crippen LogP contribution is 2.19. The molecule has 1 aromatic carbocycles. The van der Waals surface area contributed by atoms with Crippen LogP contribution in [0.4, 0.5) is 9.18 Å². The molecule has 1 fully saturated rings. The molecular weight excluding hydrogens is 363 g/mol. The first-order valence-electron chi connectivity index (χ1n) is 9.66. The minimum atomic E-state index is -0.492. The van der Waals surface area contributed by atoms with Crippen molar-refractivity contribution < 1.29 is 18.7 Å². The maximum Gasteiger partial charge on any atom is 0.410 e. The maximum absolute atomic E-state index is 13.0. The Morgan fingerprint density at radius 1 is 1.32 bits per heavy atom. The number of nitrogens with one attached hydrogen (secondary N) is 1. The van der Waals surface area contributed by atoms with Gasteiger partial charge in [-0.1, -0.05) is 0 Å². The second-order valence-corrected chi connectivity index (χ2v) is 8.20. The van der Waals surface area contributed by atoms with E-state index in [0.29, 0.717) is 38.5 Å². The Morgan fingerprint density at radius 3 is 2.71 bits per heavy atom. The van der Waals surface area contributed by atoms with Gasteiger partial charge >= 0.3 is 6.09 Å². The van der Waals surface area contributed by atoms with Gasteiger partial charge in [0.05, 0.1) is 19.1 Å². The lowest BCUT2D eigenvalue weighted by Gasteiger charge is -2.39. The van der Waals surface area contributed by atoms with E-state index in [1.165, 1.54) is 12.1 Å². The third-order valence-corrected chi connectivity index (χ3v) is 4.56. The van der Waals surface area contributed by atoms with Crippen LogP contribution in [0.5, 0.6) is 5.75 Å². The van der Waals surface area contributed by atoms with Crippen LogP contribution in [0.3, 0.4) is 0 Å². The molecule has 0 saturated carbocycles. The fraction of sp³-hybridized carbons (Fsp3) is 0.600. The van der Waals surface area contributed by atoms with Crippen molar-refractivity contribution >= 4 is 12.1 Å². The van der Waals surface area contributed by atoms with Gasteiger partial charge in [0.2, 0.25) is 0 Å². The first-order chi connectivity index (χ1) is 13.2. The van der Waals surface area contributed by atoms with E-state index in [-0.39, 0.29) is 24.1 Å². The van der Waals surface area contributed by atoms with Gasteiger partial charge in [0.25, 0.3) is 0 Å². The summed E-state index contributed by atoms with van der Waals surface area (Å²) in [5.74, 6) is 1.19. The van der Waals surface area contributed by atoms with Crippen LogP contribution in [0, 0.1) is 5.82 Å². The number of amides is 1. The van der Waals surface area contributed by atoms with E-state index in [1.54, 1.807) is 17.0 Å². The Morgan fingerprint density at radius 2 is 2.04 bits per heavy atom. The smallest absolute Gasteiger partial charge is 0.410 e. The summed E-state index contributed by atoms with van der Waals surface area (Å²) in [4.78, 5) is 20.8. The summed E-state index contributed by atoms with van der Waals surface area (Å²) in [6.45, 7) is 10.7. The Bertz CT molecular complexity index is 717. The quantitative estimate of drug-likeness (QED) is 0.853. The summed E-state index contributed by atoms with van der Waals surface area (Å²) < 4.78 is 24.2. The van der Waals surface area contributed by atoms with Crippen LogP contribution in [0.2, 0.25) is 0 Å². The van der Waals surface area contributed by atoms with Crippen molar-refractivity contribution in [2.24, 2.45) is 4.99 Å². The summed E-state index contributed by atoms with van der Waals surface area (Å²) in [6, 6.07) is 6.16. The molecule has 0 spiro atoms. The molecule has 7 nitrogen and oxygen atoms in total. The highest BCUT2D eigenvalue weighted by atomic mass is 19.1. The second kappa shape index (κ2) is 8.24. The third-order valence-electron chi connectivity index (χ3n) is 4.56. The van der Waals surface area contributed by atoms with Gasteiger partial charge in [-0.2, -0.15) is 0 Å². The van der Waals surface area contributed by atoms with Gasteiger partial charge in [-0.3, -0.25) is 4.99 Å². The molecule has 2 heterocycles. The van der Waals surface area contributed by atoms with Crippen molar-refractivity contribution in [1.82, 2.24) is 15.1 Å². The summed E-state index contributed by atoms with van der Waals surface area (Å²) in [5.41, 5.74) is -0.492. The summed E-state index contributed by atoms with van der Waals surface area (Å²) >= 11 is 0. The molecule has 1 aromatic rings. The van der Waals surface area contributed by atoms with Crippen LogP contribution < -0.4 is 10.1 Å². The number of benzene rings is 1. The van der Waals surface area contributed by atoms with E-state index in [1.807, 2.05) is 27.7 Å². The van der Waals surface area contributed by atoms with Crippen LogP contribution in [-0.4, -0.2) is 72.3 Å². The van der Waals surface area contributed by atoms with Crippen molar-refractivity contribution in [2.75, 3.05) is 32.7 Å². The van der Waals surface area contributed by atoms with E-state index < -0.39 is 5.60 Å². The molecule has 8 heteroatoms. The van der Waals surface area contributed by atoms with Gasteiger partial charge in [0, 0.05) is 19.6 Å². The van der Waals surface area contributed by atoms with Crippen molar-refractivity contribution in [3.63, 3.8) is 0 Å². The number of nitrogens with zero attached hydrogens (tertiary/aromatic N) is 3. The zero-order chi connectivity index (χ0) is 20.3. The van der Waals surface area contributed by atoms with E-state index in [2.05, 4.69) is 15.2 Å². The second-order valence-electron chi connectivity index (χ2n) is 8.20. The molecular formula is C20H29FN4O3. The average Bonchev–Trinajstić information content (AvgIpc) is 3.03. The van der Waals surface area contributed by atoms with Gasteiger partial charge in [0.15, 0.2) is 5.96 Å². The molecule has 0 radical (unpaired) electrons. The van der Waals surface area contributed by atoms with Crippen molar-refractivity contribution in [3.05, 3.63) is 30.1 Å². The van der Waals surface area contributed by atoms with Crippen LogP contribution >= 0.6 is 0 Å². The number of carbonyl (C=O) groups excluding carboxylic acids is 1. The van der Waals surface area contributed by atoms with E-state index >= 15 is 0 Å². The maximum atomic E-state index is 13.0. The SMILES string of the molecule is CC(CNC1=NCC2CN(C(=O)OC(C)(C)C)CCN12)Oc1ccc(F)cc1. The van der Waals surface area contributed by atoms with Crippen molar-refractivity contribution in [2.45, 2.75) is 45.4 Å². The fourth-order valence-electron chi connectivity index (χ4n) is 3.24. The third kappa shape index (κ3) is 5.27. The lowest BCUT2D eigenvalue weighted by molar-refractivity contribution is 0.0137. The number of fused-ring (bicyclic) bond motifs is 1. The summed E-state index contributed by atoms with van der Waals surface area (Å²) in [5, 5.41) is 3.34. The van der Waals surface area contributed by atoms with Gasteiger partial charge < -0.3 is 24.6 Å². The van der Waals surface area contributed by atoms with Crippen molar-refractivity contribution in [1.29, 1.82) is 0 Å². The molecule has 154 valence electrons. The Hall–Kier alpha value is -2.51. The zero-order valence-electron chi connectivity index (χ0n) is 16.9. The Labute approximate surface area is 165 Å². The monoisotopic (exact) mass is 392 g/mol. The largest absolute Gasteiger partial charge is 0.489 e. The van der Waals surface area contributed by atoms with E-state index in [4.69, 9.17) is 9.47 Å². The molecule has 0 aromatic heterocycles. The number of aliphatic imine (C=N–C) groups is 1. The fourth-order valence-corrected chi connectivity index (χ4v) is 3.24. The molecule has 3 rings (SSSR count). The lowest BCUT2D eigenvalue weighted by atomic mass is 10.2. The highest BCUT2D eigenvalue weighted by molar-refractivity contribution is 5.82. The summed E-state index contributed by atoms with van der Waals surface area (Å²) in [7, 11) is 0. The molecule has 1 saturated heterocycles. The molecule has 0 aliphatic carbocycles. The van der Waals surface area contributed by atoms with Crippen molar-refractivity contribution in [3.8, 4) is 5.75 Å². The number of guanidine groups is 1. The van der Waals surface area contributed by atoms with Crippen LogP contribution in [0.15, 0.2) is 29.3 Å². The first-order valence-corrected chi connectivity index (χ1v) is 9.66. The number of halogens is 1. The molecule has 1 N–H and O–H groups in total. The number of piperazine rings is 1. The molecule has 0 bridgehead atoms. The van der Waals surface area contributed by atoms with Crippen LogP contribution in [0.1, 0.15) is 27.7 Å². The first kappa shape index (κ1) is 20.2. The number of hydrogen-bond acceptors (Lipinski definition) is 6. The number of carbonyl (C=O) groups is 1. The molecule has 2 atom stereocenters.